The number of halogens is 1. The fraction of sp³-hybridized carbons (Fsp3) is 0.350. The molecule has 0 radical (unpaired) electrons. The SMILES string of the molecule is CCOc1ccccc1N1CC[NH+](CC(=O)Nc2ccccc2F)CC1. The van der Waals surface area contributed by atoms with Gasteiger partial charge in [-0.15, -0.1) is 0 Å². The van der Waals surface area contributed by atoms with Crippen LogP contribution in [-0.4, -0.2) is 45.2 Å². The van der Waals surface area contributed by atoms with E-state index in [1.165, 1.54) is 11.0 Å². The van der Waals surface area contributed by atoms with Crippen molar-refractivity contribution in [2.45, 2.75) is 6.92 Å². The van der Waals surface area contributed by atoms with Crippen molar-refractivity contribution in [3.05, 3.63) is 54.3 Å². The van der Waals surface area contributed by atoms with Gasteiger partial charge in [-0.25, -0.2) is 4.39 Å². The monoisotopic (exact) mass is 358 g/mol. The molecule has 1 amide bonds. The van der Waals surface area contributed by atoms with E-state index in [2.05, 4.69) is 16.3 Å². The topological polar surface area (TPSA) is 46.0 Å². The minimum atomic E-state index is -0.409. The van der Waals surface area contributed by atoms with Crippen LogP contribution in [0.15, 0.2) is 48.5 Å². The van der Waals surface area contributed by atoms with Crippen molar-refractivity contribution in [1.29, 1.82) is 0 Å². The number of quaternary nitrogens is 1. The molecule has 0 spiro atoms. The number of piperazine rings is 1. The molecule has 3 rings (SSSR count). The fourth-order valence-corrected chi connectivity index (χ4v) is 3.22. The van der Waals surface area contributed by atoms with Gasteiger partial charge in [-0.3, -0.25) is 4.79 Å². The molecule has 2 N–H and O–H groups in total. The molecule has 0 bridgehead atoms. The molecule has 0 aromatic heterocycles. The van der Waals surface area contributed by atoms with E-state index >= 15 is 0 Å². The van der Waals surface area contributed by atoms with E-state index in [-0.39, 0.29) is 11.6 Å². The number of rotatable bonds is 6. The summed E-state index contributed by atoms with van der Waals surface area (Å²) in [6.07, 6.45) is 0. The van der Waals surface area contributed by atoms with Gasteiger partial charge in [0, 0.05) is 0 Å². The van der Waals surface area contributed by atoms with Gasteiger partial charge in [0.2, 0.25) is 0 Å². The van der Waals surface area contributed by atoms with Gasteiger partial charge >= 0.3 is 0 Å². The molecule has 0 unspecified atom stereocenters. The third-order valence-corrected chi connectivity index (χ3v) is 4.53. The van der Waals surface area contributed by atoms with Gasteiger partial charge in [-0.1, -0.05) is 24.3 Å². The number of hydrogen-bond acceptors (Lipinski definition) is 3. The van der Waals surface area contributed by atoms with Crippen molar-refractivity contribution in [2.75, 3.05) is 49.5 Å². The van der Waals surface area contributed by atoms with Gasteiger partial charge in [0.15, 0.2) is 6.54 Å². The number of para-hydroxylation sites is 3. The summed E-state index contributed by atoms with van der Waals surface area (Å²) < 4.78 is 19.3. The Morgan fingerprint density at radius 3 is 2.58 bits per heavy atom. The molecule has 2 aromatic rings. The van der Waals surface area contributed by atoms with E-state index in [9.17, 15) is 9.18 Å². The minimum Gasteiger partial charge on any atom is -0.492 e. The quantitative estimate of drug-likeness (QED) is 0.824. The zero-order valence-electron chi connectivity index (χ0n) is 15.0. The Balaban J connectivity index is 1.53. The number of nitrogens with one attached hydrogen (secondary N) is 2. The largest absolute Gasteiger partial charge is 0.492 e. The lowest BCUT2D eigenvalue weighted by molar-refractivity contribution is -0.892. The van der Waals surface area contributed by atoms with Crippen molar-refractivity contribution >= 4 is 17.3 Å². The van der Waals surface area contributed by atoms with Crippen molar-refractivity contribution in [1.82, 2.24) is 0 Å². The van der Waals surface area contributed by atoms with Crippen molar-refractivity contribution in [2.24, 2.45) is 0 Å². The number of benzene rings is 2. The zero-order chi connectivity index (χ0) is 18.4. The van der Waals surface area contributed by atoms with E-state index in [4.69, 9.17) is 4.74 Å². The molecule has 5 nitrogen and oxygen atoms in total. The van der Waals surface area contributed by atoms with Crippen LogP contribution in [0.25, 0.3) is 0 Å². The highest BCUT2D eigenvalue weighted by atomic mass is 19.1. The molecule has 1 aliphatic rings. The van der Waals surface area contributed by atoms with Crippen LogP contribution < -0.4 is 19.9 Å². The average molecular weight is 358 g/mol. The molecular formula is C20H25FN3O2+. The number of carbonyl (C=O) groups is 1. The molecule has 138 valence electrons. The summed E-state index contributed by atoms with van der Waals surface area (Å²) in [5.41, 5.74) is 1.34. The maximum Gasteiger partial charge on any atom is 0.279 e. The van der Waals surface area contributed by atoms with E-state index in [0.29, 0.717) is 13.2 Å². The lowest BCUT2D eigenvalue weighted by Crippen LogP contribution is -3.15. The maximum absolute atomic E-state index is 13.6. The Labute approximate surface area is 153 Å². The molecule has 1 fully saturated rings. The van der Waals surface area contributed by atoms with Crippen LogP contribution in [-0.2, 0) is 4.79 Å². The first kappa shape index (κ1) is 18.2. The molecule has 0 saturated carbocycles. The first-order valence-corrected chi connectivity index (χ1v) is 9.02. The van der Waals surface area contributed by atoms with Crippen molar-refractivity contribution in [3.8, 4) is 5.75 Å². The highest BCUT2D eigenvalue weighted by Gasteiger charge is 2.24. The van der Waals surface area contributed by atoms with E-state index < -0.39 is 5.82 Å². The Hall–Kier alpha value is -2.60. The Morgan fingerprint density at radius 2 is 1.85 bits per heavy atom. The summed E-state index contributed by atoms with van der Waals surface area (Å²) in [6, 6.07) is 14.3. The lowest BCUT2D eigenvalue weighted by Gasteiger charge is -2.34. The molecule has 0 aliphatic carbocycles. The highest BCUT2D eigenvalue weighted by molar-refractivity contribution is 5.91. The summed E-state index contributed by atoms with van der Waals surface area (Å²) in [7, 11) is 0. The van der Waals surface area contributed by atoms with Gasteiger partial charge in [-0.05, 0) is 31.2 Å². The number of amides is 1. The normalized spacial score (nSPS) is 14.9. The number of carbonyl (C=O) groups excluding carboxylic acids is 1. The second-order valence-electron chi connectivity index (χ2n) is 6.34. The zero-order valence-corrected chi connectivity index (χ0v) is 15.0. The predicted molar refractivity (Wildman–Crippen MR) is 100 cm³/mol. The van der Waals surface area contributed by atoms with Gasteiger partial charge in [0.1, 0.15) is 11.6 Å². The summed E-state index contributed by atoms with van der Waals surface area (Å²) in [5.74, 6) is 0.331. The molecule has 6 heteroatoms. The number of hydrogen-bond donors (Lipinski definition) is 2. The van der Waals surface area contributed by atoms with E-state index in [0.717, 1.165) is 37.6 Å². The molecule has 26 heavy (non-hydrogen) atoms. The summed E-state index contributed by atoms with van der Waals surface area (Å²) in [6.45, 7) is 6.37. The van der Waals surface area contributed by atoms with Crippen LogP contribution in [0.3, 0.4) is 0 Å². The third-order valence-electron chi connectivity index (χ3n) is 4.53. The molecular weight excluding hydrogens is 333 g/mol. The minimum absolute atomic E-state index is 0.159. The summed E-state index contributed by atoms with van der Waals surface area (Å²) in [5, 5.41) is 2.66. The molecule has 2 aromatic carbocycles. The summed E-state index contributed by atoms with van der Waals surface area (Å²) in [4.78, 5) is 15.7. The first-order valence-electron chi connectivity index (χ1n) is 9.02. The van der Waals surface area contributed by atoms with E-state index in [1.807, 2.05) is 25.1 Å². The van der Waals surface area contributed by atoms with Gasteiger partial charge in [-0.2, -0.15) is 0 Å². The number of anilines is 2. The van der Waals surface area contributed by atoms with Crippen molar-refractivity contribution in [3.63, 3.8) is 0 Å². The van der Waals surface area contributed by atoms with Crippen LogP contribution in [0, 0.1) is 5.82 Å². The Kier molecular flexibility index (Phi) is 6.07. The lowest BCUT2D eigenvalue weighted by atomic mass is 10.2. The van der Waals surface area contributed by atoms with Crippen LogP contribution in [0.5, 0.6) is 5.75 Å². The van der Waals surface area contributed by atoms with Gasteiger partial charge in [0.25, 0.3) is 5.91 Å². The first-order chi connectivity index (χ1) is 12.7. The van der Waals surface area contributed by atoms with Crippen LogP contribution in [0.4, 0.5) is 15.8 Å². The second-order valence-corrected chi connectivity index (χ2v) is 6.34. The number of ether oxygens (including phenoxy) is 1. The third kappa shape index (κ3) is 4.52. The smallest absolute Gasteiger partial charge is 0.279 e. The molecule has 1 heterocycles. The van der Waals surface area contributed by atoms with Crippen LogP contribution >= 0.6 is 0 Å². The van der Waals surface area contributed by atoms with Gasteiger partial charge in [0.05, 0.1) is 44.2 Å². The predicted octanol–water partition coefficient (Wildman–Crippen LogP) is 1.57. The molecule has 1 saturated heterocycles. The maximum atomic E-state index is 13.6. The Morgan fingerprint density at radius 1 is 1.15 bits per heavy atom. The van der Waals surface area contributed by atoms with Crippen LogP contribution in [0.2, 0.25) is 0 Å². The van der Waals surface area contributed by atoms with Crippen molar-refractivity contribution < 1.29 is 18.8 Å². The standard InChI is InChI=1S/C20H24FN3O2/c1-2-26-19-10-6-5-9-18(19)24-13-11-23(12-14-24)15-20(25)22-17-8-4-3-7-16(17)21/h3-10H,2,11-15H2,1H3,(H,22,25)/p+1. The second kappa shape index (κ2) is 8.67. The molecule has 0 atom stereocenters. The van der Waals surface area contributed by atoms with E-state index in [1.54, 1.807) is 18.2 Å². The Bertz CT molecular complexity index is 745. The fourth-order valence-electron chi connectivity index (χ4n) is 3.22. The highest BCUT2D eigenvalue weighted by Crippen LogP contribution is 2.27. The molecule has 1 aliphatic heterocycles. The van der Waals surface area contributed by atoms with Gasteiger partial charge < -0.3 is 19.9 Å². The number of nitrogens with zero attached hydrogens (tertiary/aromatic N) is 1. The average Bonchev–Trinajstić information content (AvgIpc) is 2.65. The summed E-state index contributed by atoms with van der Waals surface area (Å²) >= 11 is 0. The van der Waals surface area contributed by atoms with Crippen LogP contribution in [0.1, 0.15) is 6.92 Å².